The lowest BCUT2D eigenvalue weighted by Gasteiger charge is -2.14. The predicted molar refractivity (Wildman–Crippen MR) is 122 cm³/mol. The fourth-order valence-electron chi connectivity index (χ4n) is 3.43. The van der Waals surface area contributed by atoms with Crippen LogP contribution in [-0.4, -0.2) is 46.7 Å². The van der Waals surface area contributed by atoms with Crippen LogP contribution in [0.3, 0.4) is 0 Å². The van der Waals surface area contributed by atoms with Crippen LogP contribution in [0.1, 0.15) is 67.4 Å². The summed E-state index contributed by atoms with van der Waals surface area (Å²) in [4.78, 5) is 0. The number of hydrogen-bond acceptors (Lipinski definition) is 6. The van der Waals surface area contributed by atoms with Crippen molar-refractivity contribution < 1.29 is 25.2 Å². The molecule has 6 heteroatoms. The molecule has 0 aliphatic heterocycles. The Labute approximate surface area is 185 Å². The fraction of sp³-hybridized carbons (Fsp3) is 0.520. The van der Waals surface area contributed by atoms with Crippen LogP contribution in [0, 0.1) is 0 Å². The lowest BCUT2D eigenvalue weighted by atomic mass is 10.1. The molecule has 0 aliphatic carbocycles. The lowest BCUT2D eigenvalue weighted by molar-refractivity contribution is 0.104. The second kappa shape index (κ2) is 14.9. The minimum absolute atomic E-state index is 0.0418. The molecule has 5 N–H and O–H groups in total. The molecule has 0 spiro atoms. The van der Waals surface area contributed by atoms with Crippen LogP contribution >= 0.6 is 0 Å². The number of benzene rings is 2. The average molecular weight is 432 g/mol. The molecule has 0 bridgehead atoms. The van der Waals surface area contributed by atoms with Gasteiger partial charge in [-0.25, -0.2) is 0 Å². The standard InChI is InChI=1S/C25H37NO5/c27-19-22-17-21(12-13-24(22)29)25(30)18-26-14-6-1-2-7-15-31-16-8-11-23(28)20-9-4-3-5-10-20/h3-5,9-10,12-13,17,23,25-30H,1-2,6-8,11,14-16,18-19H2. The average Bonchev–Trinajstić information content (AvgIpc) is 2.80. The van der Waals surface area contributed by atoms with Gasteiger partial charge in [-0.15, -0.1) is 0 Å². The van der Waals surface area contributed by atoms with Crippen LogP contribution in [0.15, 0.2) is 48.5 Å². The quantitative estimate of drug-likeness (QED) is 0.260. The van der Waals surface area contributed by atoms with E-state index >= 15 is 0 Å². The summed E-state index contributed by atoms with van der Waals surface area (Å²) in [5, 5.41) is 42.3. The van der Waals surface area contributed by atoms with Gasteiger partial charge in [0.05, 0.1) is 18.8 Å². The highest BCUT2D eigenvalue weighted by Crippen LogP contribution is 2.22. The summed E-state index contributed by atoms with van der Waals surface area (Å²) in [6.07, 6.45) is 4.76. The minimum Gasteiger partial charge on any atom is -0.508 e. The molecule has 6 nitrogen and oxygen atoms in total. The summed E-state index contributed by atoms with van der Waals surface area (Å²) < 4.78 is 5.66. The molecule has 0 fully saturated rings. The van der Waals surface area contributed by atoms with Crippen molar-refractivity contribution in [1.82, 2.24) is 5.32 Å². The smallest absolute Gasteiger partial charge is 0.121 e. The largest absolute Gasteiger partial charge is 0.508 e. The van der Waals surface area contributed by atoms with Crippen LogP contribution in [0.25, 0.3) is 0 Å². The van der Waals surface area contributed by atoms with Gasteiger partial charge in [-0.05, 0) is 55.5 Å². The summed E-state index contributed by atoms with van der Waals surface area (Å²) in [5.41, 5.74) is 2.07. The van der Waals surface area contributed by atoms with Crippen molar-refractivity contribution in [1.29, 1.82) is 0 Å². The highest BCUT2D eigenvalue weighted by atomic mass is 16.5. The number of aliphatic hydroxyl groups excluding tert-OH is 3. The fourth-order valence-corrected chi connectivity index (χ4v) is 3.43. The summed E-state index contributed by atoms with van der Waals surface area (Å²) in [6, 6.07) is 14.5. The van der Waals surface area contributed by atoms with Crippen molar-refractivity contribution >= 4 is 0 Å². The summed E-state index contributed by atoms with van der Waals surface area (Å²) in [5.74, 6) is 0.0418. The van der Waals surface area contributed by atoms with Crippen LogP contribution in [0.2, 0.25) is 0 Å². The molecule has 0 amide bonds. The van der Waals surface area contributed by atoms with Crippen LogP contribution in [0.5, 0.6) is 5.75 Å². The van der Waals surface area contributed by atoms with Crippen molar-refractivity contribution in [3.05, 3.63) is 65.2 Å². The topological polar surface area (TPSA) is 102 Å². The third kappa shape index (κ3) is 9.80. The highest BCUT2D eigenvalue weighted by molar-refractivity contribution is 5.36. The van der Waals surface area contributed by atoms with Gasteiger partial charge in [0.2, 0.25) is 0 Å². The third-order valence-corrected chi connectivity index (χ3v) is 5.34. The van der Waals surface area contributed by atoms with Crippen LogP contribution in [-0.2, 0) is 11.3 Å². The number of aromatic hydroxyl groups is 1. The second-order valence-corrected chi connectivity index (χ2v) is 7.86. The second-order valence-electron chi connectivity index (χ2n) is 7.86. The Hall–Kier alpha value is -1.96. The maximum Gasteiger partial charge on any atom is 0.121 e. The number of aliphatic hydroxyl groups is 3. The predicted octanol–water partition coefficient (Wildman–Crippen LogP) is 3.60. The van der Waals surface area contributed by atoms with Crippen molar-refractivity contribution in [3.8, 4) is 5.75 Å². The van der Waals surface area contributed by atoms with E-state index in [2.05, 4.69) is 5.32 Å². The Morgan fingerprint density at radius 3 is 2.32 bits per heavy atom. The first-order chi connectivity index (χ1) is 15.1. The molecule has 2 aromatic rings. The van der Waals surface area contributed by atoms with E-state index in [0.29, 0.717) is 30.7 Å². The van der Waals surface area contributed by atoms with Gasteiger partial charge >= 0.3 is 0 Å². The van der Waals surface area contributed by atoms with Crippen molar-refractivity contribution in [2.75, 3.05) is 26.3 Å². The lowest BCUT2D eigenvalue weighted by Crippen LogP contribution is -2.22. The number of unbranched alkanes of at least 4 members (excludes halogenated alkanes) is 3. The van der Waals surface area contributed by atoms with E-state index < -0.39 is 12.2 Å². The molecular weight excluding hydrogens is 394 g/mol. The Bertz CT molecular complexity index is 725. The van der Waals surface area contributed by atoms with Crippen LogP contribution in [0.4, 0.5) is 0 Å². The van der Waals surface area contributed by atoms with E-state index in [4.69, 9.17) is 4.74 Å². The van der Waals surface area contributed by atoms with Gasteiger partial charge < -0.3 is 30.5 Å². The minimum atomic E-state index is -0.667. The first kappa shape index (κ1) is 25.3. The maximum absolute atomic E-state index is 10.2. The van der Waals surface area contributed by atoms with Crippen LogP contribution < -0.4 is 5.32 Å². The zero-order valence-electron chi connectivity index (χ0n) is 18.2. The molecule has 31 heavy (non-hydrogen) atoms. The molecular formula is C25H37NO5. The summed E-state index contributed by atoms with van der Waals surface area (Å²) in [6.45, 7) is 2.45. The van der Waals surface area contributed by atoms with Crippen molar-refractivity contribution in [2.45, 2.75) is 57.3 Å². The van der Waals surface area contributed by atoms with Gasteiger partial charge in [0.1, 0.15) is 5.75 Å². The SMILES string of the molecule is OCc1cc(C(O)CNCCCCCCOCCCC(O)c2ccccc2)ccc1O. The molecule has 0 radical (unpaired) electrons. The van der Waals surface area contributed by atoms with Crippen molar-refractivity contribution in [2.24, 2.45) is 0 Å². The molecule has 172 valence electrons. The summed E-state index contributed by atoms with van der Waals surface area (Å²) >= 11 is 0. The van der Waals surface area contributed by atoms with Gasteiger partial charge in [-0.3, -0.25) is 0 Å². The zero-order valence-corrected chi connectivity index (χ0v) is 18.2. The first-order valence-corrected chi connectivity index (χ1v) is 11.2. The molecule has 0 saturated heterocycles. The molecule has 2 aromatic carbocycles. The Balaban J connectivity index is 1.41. The molecule has 0 aliphatic rings. The molecule has 0 heterocycles. The first-order valence-electron chi connectivity index (χ1n) is 11.2. The van der Waals surface area contributed by atoms with Gasteiger partial charge in [-0.2, -0.15) is 0 Å². The number of phenols is 1. The van der Waals surface area contributed by atoms with Gasteiger partial charge in [0, 0.05) is 25.3 Å². The maximum atomic E-state index is 10.2. The number of ether oxygens (including phenoxy) is 1. The van der Waals surface area contributed by atoms with Gasteiger partial charge in [0.25, 0.3) is 0 Å². The molecule has 0 saturated carbocycles. The van der Waals surface area contributed by atoms with Crippen molar-refractivity contribution in [3.63, 3.8) is 0 Å². The molecule has 2 rings (SSSR count). The third-order valence-electron chi connectivity index (χ3n) is 5.34. The molecule has 2 unspecified atom stereocenters. The number of nitrogens with one attached hydrogen (secondary N) is 1. The monoisotopic (exact) mass is 431 g/mol. The van der Waals surface area contributed by atoms with Gasteiger partial charge in [-0.1, -0.05) is 49.2 Å². The van der Waals surface area contributed by atoms with E-state index in [-0.39, 0.29) is 12.4 Å². The van der Waals surface area contributed by atoms with E-state index in [9.17, 15) is 20.4 Å². The van der Waals surface area contributed by atoms with Gasteiger partial charge in [0.15, 0.2) is 0 Å². The van der Waals surface area contributed by atoms with E-state index in [0.717, 1.165) is 50.8 Å². The summed E-state index contributed by atoms with van der Waals surface area (Å²) in [7, 11) is 0. The van der Waals surface area contributed by atoms with E-state index in [1.165, 1.54) is 6.07 Å². The normalized spacial score (nSPS) is 13.3. The Kier molecular flexibility index (Phi) is 12.2. The van der Waals surface area contributed by atoms with E-state index in [1.54, 1.807) is 12.1 Å². The highest BCUT2D eigenvalue weighted by Gasteiger charge is 2.10. The number of hydrogen-bond donors (Lipinski definition) is 5. The Morgan fingerprint density at radius 2 is 1.55 bits per heavy atom. The molecule has 0 aromatic heterocycles. The Morgan fingerprint density at radius 1 is 0.806 bits per heavy atom. The number of rotatable bonds is 16. The zero-order chi connectivity index (χ0) is 22.3. The molecule has 2 atom stereocenters. The van der Waals surface area contributed by atoms with E-state index in [1.807, 2.05) is 30.3 Å².